The molecule has 1 N–H and O–H groups in total. The molecule has 0 unspecified atom stereocenters. The highest BCUT2D eigenvalue weighted by Gasteiger charge is 2.35. The lowest BCUT2D eigenvalue weighted by atomic mass is 9.95. The number of phenols is 1. The van der Waals surface area contributed by atoms with Gasteiger partial charge in [-0.15, -0.1) is 0 Å². The Bertz CT molecular complexity index is 731. The van der Waals surface area contributed by atoms with Gasteiger partial charge in [-0.2, -0.15) is 13.2 Å². The Labute approximate surface area is 137 Å². The highest BCUT2D eigenvalue weighted by molar-refractivity contribution is 5.42. The van der Waals surface area contributed by atoms with Crippen molar-refractivity contribution in [3.05, 3.63) is 58.7 Å². The lowest BCUT2D eigenvalue weighted by molar-refractivity contribution is -0.138. The van der Waals surface area contributed by atoms with Crippen LogP contribution in [-0.2, 0) is 18.5 Å². The maximum atomic E-state index is 13.9. The van der Waals surface area contributed by atoms with Gasteiger partial charge in [-0.25, -0.2) is 4.39 Å². The van der Waals surface area contributed by atoms with Crippen molar-refractivity contribution in [2.24, 2.45) is 0 Å². The zero-order chi connectivity index (χ0) is 18.1. The molecule has 2 aromatic carbocycles. The van der Waals surface area contributed by atoms with Crippen molar-refractivity contribution in [1.29, 1.82) is 0 Å². The molecular weight excluding hydrogens is 324 g/mol. The maximum Gasteiger partial charge on any atom is 0.416 e. The van der Waals surface area contributed by atoms with E-state index < -0.39 is 24.0 Å². The van der Waals surface area contributed by atoms with Crippen LogP contribution in [0, 0.1) is 6.92 Å². The Morgan fingerprint density at radius 2 is 1.67 bits per heavy atom. The summed E-state index contributed by atoms with van der Waals surface area (Å²) in [6, 6.07) is 7.92. The minimum absolute atomic E-state index is 0.0586. The number of ether oxygens (including phenoxy) is 1. The molecule has 0 fully saturated rings. The fourth-order valence-electron chi connectivity index (χ4n) is 2.24. The minimum atomic E-state index is -4.63. The first-order valence-corrected chi connectivity index (χ1v) is 7.30. The van der Waals surface area contributed by atoms with Crippen molar-refractivity contribution in [3.63, 3.8) is 0 Å². The standard InChI is InChI=1S/C18H18F4O2/c1-11-4-7-16(15(23)8-11)24-10-12-5-6-13(17(2,3)19)9-14(12)18(20,21)22/h4-9,23H,10H2,1-3H3. The third kappa shape index (κ3) is 4.19. The van der Waals surface area contributed by atoms with Gasteiger partial charge in [0.2, 0.25) is 0 Å². The summed E-state index contributed by atoms with van der Waals surface area (Å²) in [5.74, 6) is -0.0614. The molecule has 0 bridgehead atoms. The van der Waals surface area contributed by atoms with Crippen molar-refractivity contribution in [3.8, 4) is 11.5 Å². The number of hydrogen-bond acceptors (Lipinski definition) is 2. The second-order valence-corrected chi connectivity index (χ2v) is 6.10. The van der Waals surface area contributed by atoms with Crippen LogP contribution in [-0.4, -0.2) is 5.11 Å². The highest BCUT2D eigenvalue weighted by Crippen LogP contribution is 2.37. The Morgan fingerprint density at radius 1 is 1.00 bits per heavy atom. The molecule has 0 aliphatic heterocycles. The topological polar surface area (TPSA) is 29.5 Å². The molecule has 0 saturated carbocycles. The van der Waals surface area contributed by atoms with E-state index in [9.17, 15) is 22.7 Å². The molecule has 0 atom stereocenters. The molecule has 24 heavy (non-hydrogen) atoms. The van der Waals surface area contributed by atoms with Crippen molar-refractivity contribution in [2.45, 2.75) is 39.2 Å². The highest BCUT2D eigenvalue weighted by atomic mass is 19.4. The Morgan fingerprint density at radius 3 is 2.21 bits per heavy atom. The summed E-state index contributed by atoms with van der Waals surface area (Å²) in [4.78, 5) is 0. The van der Waals surface area contributed by atoms with Crippen molar-refractivity contribution in [2.75, 3.05) is 0 Å². The second kappa shape index (κ2) is 6.34. The normalized spacial score (nSPS) is 12.3. The molecule has 0 heterocycles. The molecule has 0 aliphatic rings. The van der Waals surface area contributed by atoms with Crippen LogP contribution >= 0.6 is 0 Å². The number of alkyl halides is 4. The van der Waals surface area contributed by atoms with Crippen LogP contribution in [0.3, 0.4) is 0 Å². The Kier molecular flexibility index (Phi) is 4.78. The molecule has 0 aliphatic carbocycles. The lowest BCUT2D eigenvalue weighted by Gasteiger charge is -2.20. The first kappa shape index (κ1) is 18.1. The van der Waals surface area contributed by atoms with Crippen LogP contribution < -0.4 is 4.74 Å². The molecule has 0 radical (unpaired) electrons. The Hall–Kier alpha value is -2.24. The van der Waals surface area contributed by atoms with Gasteiger partial charge in [-0.3, -0.25) is 0 Å². The molecule has 6 heteroatoms. The fourth-order valence-corrected chi connectivity index (χ4v) is 2.24. The van der Waals surface area contributed by atoms with Crippen LogP contribution in [0.4, 0.5) is 17.6 Å². The minimum Gasteiger partial charge on any atom is -0.504 e. The average molecular weight is 342 g/mol. The third-order valence-electron chi connectivity index (χ3n) is 3.60. The summed E-state index contributed by atoms with van der Waals surface area (Å²) in [5, 5.41) is 9.75. The lowest BCUT2D eigenvalue weighted by Crippen LogP contribution is -2.15. The third-order valence-corrected chi connectivity index (χ3v) is 3.60. The number of rotatable bonds is 4. The van der Waals surface area contributed by atoms with E-state index >= 15 is 0 Å². The van der Waals surface area contributed by atoms with E-state index in [0.717, 1.165) is 11.6 Å². The monoisotopic (exact) mass is 342 g/mol. The van der Waals surface area contributed by atoms with Gasteiger partial charge >= 0.3 is 6.18 Å². The molecule has 2 aromatic rings. The number of halogens is 4. The summed E-state index contributed by atoms with van der Waals surface area (Å²) in [6.07, 6.45) is -4.63. The summed E-state index contributed by atoms with van der Waals surface area (Å²) in [5.41, 5.74) is -2.22. The van der Waals surface area contributed by atoms with Crippen LogP contribution in [0.1, 0.15) is 36.1 Å². The van der Waals surface area contributed by atoms with E-state index in [4.69, 9.17) is 4.74 Å². The van der Waals surface area contributed by atoms with Gasteiger partial charge in [0.15, 0.2) is 11.5 Å². The smallest absolute Gasteiger partial charge is 0.416 e. The molecule has 2 nitrogen and oxygen atoms in total. The SMILES string of the molecule is Cc1ccc(OCc2ccc(C(C)(C)F)cc2C(F)(F)F)c(O)c1. The van der Waals surface area contributed by atoms with Gasteiger partial charge in [-0.05, 0) is 50.1 Å². The number of aryl methyl sites for hydroxylation is 1. The van der Waals surface area contributed by atoms with Crippen LogP contribution in [0.25, 0.3) is 0 Å². The number of phenolic OH excluding ortho intramolecular Hbond substituents is 1. The summed E-state index contributed by atoms with van der Waals surface area (Å²) >= 11 is 0. The summed E-state index contributed by atoms with van der Waals surface area (Å²) < 4.78 is 59.0. The van der Waals surface area contributed by atoms with E-state index in [2.05, 4.69) is 0 Å². The van der Waals surface area contributed by atoms with Gasteiger partial charge < -0.3 is 9.84 Å². The van der Waals surface area contributed by atoms with Gasteiger partial charge in [0, 0.05) is 5.56 Å². The first-order chi connectivity index (χ1) is 11.0. The Balaban J connectivity index is 2.32. The summed E-state index contributed by atoms with van der Waals surface area (Å²) in [6.45, 7) is 3.77. The molecule has 0 saturated heterocycles. The largest absolute Gasteiger partial charge is 0.504 e. The van der Waals surface area contributed by atoms with Crippen LogP contribution in [0.5, 0.6) is 11.5 Å². The zero-order valence-electron chi connectivity index (χ0n) is 13.5. The van der Waals surface area contributed by atoms with Gasteiger partial charge in [0.25, 0.3) is 0 Å². The van der Waals surface area contributed by atoms with E-state index in [-0.39, 0.29) is 22.6 Å². The summed E-state index contributed by atoms with van der Waals surface area (Å²) in [7, 11) is 0. The quantitative estimate of drug-likeness (QED) is 0.743. The van der Waals surface area contributed by atoms with Gasteiger partial charge in [-0.1, -0.05) is 18.2 Å². The fraction of sp³-hybridized carbons (Fsp3) is 0.333. The second-order valence-electron chi connectivity index (χ2n) is 6.10. The maximum absolute atomic E-state index is 13.9. The van der Waals surface area contributed by atoms with Gasteiger partial charge in [0.05, 0.1) is 5.56 Å². The van der Waals surface area contributed by atoms with E-state index in [1.165, 1.54) is 38.1 Å². The number of hydrogen-bond donors (Lipinski definition) is 1. The van der Waals surface area contributed by atoms with E-state index in [1.807, 2.05) is 0 Å². The molecule has 0 spiro atoms. The van der Waals surface area contributed by atoms with Crippen molar-refractivity contribution < 1.29 is 27.4 Å². The predicted octanol–water partition coefficient (Wildman–Crippen LogP) is 5.50. The molecule has 0 amide bonds. The number of benzene rings is 2. The van der Waals surface area contributed by atoms with Crippen LogP contribution in [0.15, 0.2) is 36.4 Å². The van der Waals surface area contributed by atoms with Crippen LogP contribution in [0.2, 0.25) is 0 Å². The average Bonchev–Trinajstić information content (AvgIpc) is 2.44. The molecular formula is C18H18F4O2. The molecule has 2 rings (SSSR count). The van der Waals surface area contributed by atoms with Crippen molar-refractivity contribution >= 4 is 0 Å². The number of aromatic hydroxyl groups is 1. The predicted molar refractivity (Wildman–Crippen MR) is 82.8 cm³/mol. The first-order valence-electron chi connectivity index (χ1n) is 7.30. The molecule has 0 aromatic heterocycles. The van der Waals surface area contributed by atoms with Gasteiger partial charge in [0.1, 0.15) is 12.3 Å². The van der Waals surface area contributed by atoms with E-state index in [1.54, 1.807) is 13.0 Å². The molecule has 130 valence electrons. The van der Waals surface area contributed by atoms with Crippen molar-refractivity contribution in [1.82, 2.24) is 0 Å². The zero-order valence-corrected chi connectivity index (χ0v) is 13.5. The van der Waals surface area contributed by atoms with E-state index in [0.29, 0.717) is 0 Å².